The van der Waals surface area contributed by atoms with Crippen LogP contribution in [0.5, 0.6) is 0 Å². The highest BCUT2D eigenvalue weighted by atomic mass is 32.1. The van der Waals surface area contributed by atoms with E-state index in [-0.39, 0.29) is 5.56 Å². The summed E-state index contributed by atoms with van der Waals surface area (Å²) < 4.78 is 26.8. The highest BCUT2D eigenvalue weighted by Gasteiger charge is 2.11. The summed E-state index contributed by atoms with van der Waals surface area (Å²) in [6.45, 7) is 0.390. The minimum Gasteiger partial charge on any atom is -0.326 e. The van der Waals surface area contributed by atoms with E-state index in [2.05, 4.69) is 0 Å². The molecule has 0 fully saturated rings. The SMILES string of the molecule is NCc1cc(-c2c(F)cccc2F)cs1. The Hall–Kier alpha value is -1.26. The molecular formula is C11H9F2NS. The summed E-state index contributed by atoms with van der Waals surface area (Å²) in [6, 6.07) is 5.56. The van der Waals surface area contributed by atoms with E-state index in [1.807, 2.05) is 0 Å². The standard InChI is InChI=1S/C11H9F2NS/c12-9-2-1-3-10(13)11(9)7-4-8(5-14)15-6-7/h1-4,6H,5,14H2. The van der Waals surface area contributed by atoms with Crippen molar-refractivity contribution < 1.29 is 8.78 Å². The molecule has 0 amide bonds. The number of nitrogens with two attached hydrogens (primary N) is 1. The minimum atomic E-state index is -0.545. The Bertz CT molecular complexity index is 459. The second kappa shape index (κ2) is 4.08. The maximum atomic E-state index is 13.4. The molecule has 1 aromatic carbocycles. The van der Waals surface area contributed by atoms with Crippen LogP contribution in [0.4, 0.5) is 8.78 Å². The third kappa shape index (κ3) is 1.91. The molecule has 15 heavy (non-hydrogen) atoms. The van der Waals surface area contributed by atoms with Gasteiger partial charge in [-0.2, -0.15) is 0 Å². The molecule has 2 N–H and O–H groups in total. The van der Waals surface area contributed by atoms with Gasteiger partial charge in [0.2, 0.25) is 0 Å². The van der Waals surface area contributed by atoms with Gasteiger partial charge in [-0.05, 0) is 29.1 Å². The molecule has 0 aliphatic rings. The molecule has 0 saturated heterocycles. The van der Waals surface area contributed by atoms with Gasteiger partial charge in [0.05, 0.1) is 5.56 Å². The van der Waals surface area contributed by atoms with Crippen LogP contribution in [0.3, 0.4) is 0 Å². The molecule has 0 aliphatic heterocycles. The highest BCUT2D eigenvalue weighted by Crippen LogP contribution is 2.29. The number of rotatable bonds is 2. The fourth-order valence-electron chi connectivity index (χ4n) is 1.39. The Kier molecular flexibility index (Phi) is 2.79. The van der Waals surface area contributed by atoms with Gasteiger partial charge in [0.15, 0.2) is 0 Å². The van der Waals surface area contributed by atoms with Gasteiger partial charge in [0, 0.05) is 11.4 Å². The zero-order valence-electron chi connectivity index (χ0n) is 7.84. The normalized spacial score (nSPS) is 10.6. The molecule has 1 nitrogen and oxygen atoms in total. The lowest BCUT2D eigenvalue weighted by Gasteiger charge is -2.01. The van der Waals surface area contributed by atoms with E-state index in [0.29, 0.717) is 12.1 Å². The van der Waals surface area contributed by atoms with Crippen LogP contribution in [0, 0.1) is 11.6 Å². The van der Waals surface area contributed by atoms with Crippen LogP contribution < -0.4 is 5.73 Å². The number of hydrogen-bond acceptors (Lipinski definition) is 2. The van der Waals surface area contributed by atoms with E-state index in [1.54, 1.807) is 11.4 Å². The fraction of sp³-hybridized carbons (Fsp3) is 0.0909. The number of hydrogen-bond donors (Lipinski definition) is 1. The second-order valence-corrected chi connectivity index (χ2v) is 4.10. The second-order valence-electron chi connectivity index (χ2n) is 3.10. The van der Waals surface area contributed by atoms with Crippen molar-refractivity contribution in [1.82, 2.24) is 0 Å². The Balaban J connectivity index is 2.53. The van der Waals surface area contributed by atoms with Crippen LogP contribution in [-0.2, 0) is 6.54 Å². The maximum Gasteiger partial charge on any atom is 0.134 e. The van der Waals surface area contributed by atoms with Crippen molar-refractivity contribution in [3.63, 3.8) is 0 Å². The van der Waals surface area contributed by atoms with E-state index in [4.69, 9.17) is 5.73 Å². The minimum absolute atomic E-state index is 0.0217. The molecule has 0 atom stereocenters. The topological polar surface area (TPSA) is 26.0 Å². The molecule has 4 heteroatoms. The molecule has 78 valence electrons. The molecule has 0 unspecified atom stereocenters. The zero-order valence-corrected chi connectivity index (χ0v) is 8.65. The van der Waals surface area contributed by atoms with Crippen molar-refractivity contribution in [2.24, 2.45) is 5.73 Å². The average Bonchev–Trinajstić information content (AvgIpc) is 2.66. The predicted molar refractivity (Wildman–Crippen MR) is 57.6 cm³/mol. The van der Waals surface area contributed by atoms with E-state index >= 15 is 0 Å². The molecule has 0 spiro atoms. The summed E-state index contributed by atoms with van der Waals surface area (Å²) in [6.07, 6.45) is 0. The first kappa shape index (κ1) is 10.3. The van der Waals surface area contributed by atoms with Crippen molar-refractivity contribution in [1.29, 1.82) is 0 Å². The first-order chi connectivity index (χ1) is 7.22. The van der Waals surface area contributed by atoms with E-state index in [1.165, 1.54) is 29.5 Å². The Morgan fingerprint density at radius 1 is 1.20 bits per heavy atom. The summed E-state index contributed by atoms with van der Waals surface area (Å²) in [5, 5.41) is 1.71. The van der Waals surface area contributed by atoms with Gasteiger partial charge in [-0.25, -0.2) is 8.78 Å². The third-order valence-corrected chi connectivity index (χ3v) is 3.07. The van der Waals surface area contributed by atoms with Gasteiger partial charge in [-0.3, -0.25) is 0 Å². The van der Waals surface area contributed by atoms with Crippen molar-refractivity contribution in [2.75, 3.05) is 0 Å². The largest absolute Gasteiger partial charge is 0.326 e. The summed E-state index contributed by atoms with van der Waals surface area (Å²) in [5.74, 6) is -1.09. The van der Waals surface area contributed by atoms with Crippen LogP contribution in [0.1, 0.15) is 4.88 Å². The maximum absolute atomic E-state index is 13.4. The fourth-order valence-corrected chi connectivity index (χ4v) is 2.15. The molecule has 1 aromatic heterocycles. The summed E-state index contributed by atoms with van der Waals surface area (Å²) in [7, 11) is 0. The monoisotopic (exact) mass is 225 g/mol. The van der Waals surface area contributed by atoms with Gasteiger partial charge in [0.25, 0.3) is 0 Å². The van der Waals surface area contributed by atoms with Gasteiger partial charge < -0.3 is 5.73 Å². The van der Waals surface area contributed by atoms with Gasteiger partial charge >= 0.3 is 0 Å². The van der Waals surface area contributed by atoms with Crippen LogP contribution in [0.25, 0.3) is 11.1 Å². The molecule has 2 aromatic rings. The van der Waals surface area contributed by atoms with Crippen LogP contribution in [-0.4, -0.2) is 0 Å². The lowest BCUT2D eigenvalue weighted by molar-refractivity contribution is 0.590. The van der Waals surface area contributed by atoms with Crippen molar-refractivity contribution in [2.45, 2.75) is 6.54 Å². The highest BCUT2D eigenvalue weighted by molar-refractivity contribution is 7.10. The van der Waals surface area contributed by atoms with Crippen LogP contribution >= 0.6 is 11.3 Å². The molecule has 0 bridgehead atoms. The first-order valence-electron chi connectivity index (χ1n) is 4.44. The van der Waals surface area contributed by atoms with E-state index in [9.17, 15) is 8.78 Å². The van der Waals surface area contributed by atoms with Crippen LogP contribution in [0.15, 0.2) is 29.6 Å². The Morgan fingerprint density at radius 2 is 1.87 bits per heavy atom. The van der Waals surface area contributed by atoms with Gasteiger partial charge in [-0.15, -0.1) is 11.3 Å². The summed E-state index contributed by atoms with van der Waals surface area (Å²) >= 11 is 1.40. The van der Waals surface area contributed by atoms with Gasteiger partial charge in [-0.1, -0.05) is 6.07 Å². The number of halogens is 2. The molecular weight excluding hydrogens is 216 g/mol. The Morgan fingerprint density at radius 3 is 2.40 bits per heavy atom. The average molecular weight is 225 g/mol. The summed E-state index contributed by atoms with van der Waals surface area (Å²) in [5.41, 5.74) is 6.01. The molecule has 0 aliphatic carbocycles. The number of thiophene rings is 1. The van der Waals surface area contributed by atoms with Crippen molar-refractivity contribution >= 4 is 11.3 Å². The molecule has 0 radical (unpaired) electrons. The quantitative estimate of drug-likeness (QED) is 0.834. The first-order valence-corrected chi connectivity index (χ1v) is 5.32. The van der Waals surface area contributed by atoms with Crippen LogP contribution in [0.2, 0.25) is 0 Å². The smallest absolute Gasteiger partial charge is 0.134 e. The molecule has 1 heterocycles. The summed E-state index contributed by atoms with van der Waals surface area (Å²) in [4.78, 5) is 0.910. The molecule has 2 rings (SSSR count). The molecule has 0 saturated carbocycles. The van der Waals surface area contributed by atoms with Crippen molar-refractivity contribution in [3.8, 4) is 11.1 Å². The Labute approximate surface area is 90.2 Å². The predicted octanol–water partition coefficient (Wildman–Crippen LogP) is 3.15. The number of benzene rings is 1. The lowest BCUT2D eigenvalue weighted by atomic mass is 10.1. The van der Waals surface area contributed by atoms with Gasteiger partial charge in [0.1, 0.15) is 11.6 Å². The van der Waals surface area contributed by atoms with E-state index in [0.717, 1.165) is 4.88 Å². The van der Waals surface area contributed by atoms with E-state index < -0.39 is 11.6 Å². The zero-order chi connectivity index (χ0) is 10.8. The third-order valence-electron chi connectivity index (χ3n) is 2.11. The lowest BCUT2D eigenvalue weighted by Crippen LogP contribution is -1.92. The van der Waals surface area contributed by atoms with Crippen molar-refractivity contribution in [3.05, 3.63) is 46.2 Å².